The minimum atomic E-state index is 0.128. The van der Waals surface area contributed by atoms with Gasteiger partial charge in [-0.1, -0.05) is 34.1 Å². The SMILES string of the molecule is CC(=O)CN1CC2(CC(C(=O)NC3=CSC(CN4CCCCC4)N3)C2)C1.CC(C)(C)C. The van der Waals surface area contributed by atoms with Crippen molar-refractivity contribution in [2.24, 2.45) is 16.7 Å². The number of likely N-dealkylation sites (tertiary alicyclic amines) is 2. The Morgan fingerprint density at radius 3 is 2.32 bits per heavy atom. The van der Waals surface area contributed by atoms with Gasteiger partial charge in [-0.15, -0.1) is 11.8 Å². The van der Waals surface area contributed by atoms with Crippen LogP contribution in [0.1, 0.15) is 66.7 Å². The predicted molar refractivity (Wildman–Crippen MR) is 128 cm³/mol. The summed E-state index contributed by atoms with van der Waals surface area (Å²) in [6.07, 6.45) is 5.90. The maximum absolute atomic E-state index is 12.5. The number of piperidine rings is 1. The molecule has 3 aliphatic heterocycles. The first-order chi connectivity index (χ1) is 14.5. The zero-order valence-corrected chi connectivity index (χ0v) is 20.9. The maximum Gasteiger partial charge on any atom is 0.228 e. The van der Waals surface area contributed by atoms with Gasteiger partial charge in [0.05, 0.1) is 11.9 Å². The van der Waals surface area contributed by atoms with Gasteiger partial charge in [0.25, 0.3) is 0 Å². The number of hydrogen-bond donors (Lipinski definition) is 2. The molecule has 0 bridgehead atoms. The average molecular weight is 451 g/mol. The molecule has 3 fully saturated rings. The van der Waals surface area contributed by atoms with Gasteiger partial charge in [-0.2, -0.15) is 0 Å². The number of Topliss-reactive ketones (excluding diaryl/α,β-unsaturated/α-hetero) is 1. The van der Waals surface area contributed by atoms with Crippen molar-refractivity contribution in [2.75, 3.05) is 39.3 Å². The van der Waals surface area contributed by atoms with Gasteiger partial charge in [-0.3, -0.25) is 14.5 Å². The minimum absolute atomic E-state index is 0.128. The van der Waals surface area contributed by atoms with Crippen molar-refractivity contribution >= 4 is 23.5 Å². The lowest BCUT2D eigenvalue weighted by atomic mass is 9.57. The molecule has 1 amide bonds. The van der Waals surface area contributed by atoms with E-state index in [1.807, 2.05) is 0 Å². The van der Waals surface area contributed by atoms with E-state index in [1.165, 1.54) is 32.4 Å². The molecular formula is C24H42N4O2S. The smallest absolute Gasteiger partial charge is 0.228 e. The first-order valence-electron chi connectivity index (χ1n) is 11.9. The van der Waals surface area contributed by atoms with E-state index in [2.05, 4.69) is 53.5 Å². The van der Waals surface area contributed by atoms with Gasteiger partial charge in [-0.05, 0) is 56.5 Å². The average Bonchev–Trinajstić information content (AvgIpc) is 3.01. The van der Waals surface area contributed by atoms with Gasteiger partial charge in [0.1, 0.15) is 11.6 Å². The lowest BCUT2D eigenvalue weighted by molar-refractivity contribution is -0.146. The normalized spacial score (nSPS) is 26.1. The molecule has 4 rings (SSSR count). The summed E-state index contributed by atoms with van der Waals surface area (Å²) in [6, 6.07) is 0. The lowest BCUT2D eigenvalue weighted by Crippen LogP contribution is -2.64. The summed E-state index contributed by atoms with van der Waals surface area (Å²) in [5, 5.41) is 8.94. The van der Waals surface area contributed by atoms with E-state index in [9.17, 15) is 9.59 Å². The molecule has 2 saturated heterocycles. The van der Waals surface area contributed by atoms with Crippen LogP contribution in [0.4, 0.5) is 0 Å². The second-order valence-corrected chi connectivity index (χ2v) is 12.7. The largest absolute Gasteiger partial charge is 0.358 e. The van der Waals surface area contributed by atoms with Crippen LogP contribution in [0, 0.1) is 16.7 Å². The van der Waals surface area contributed by atoms with Crippen molar-refractivity contribution in [3.8, 4) is 0 Å². The Balaban J connectivity index is 0.000000491. The Hall–Kier alpha value is -1.05. The highest BCUT2D eigenvalue weighted by Crippen LogP contribution is 2.51. The van der Waals surface area contributed by atoms with E-state index in [1.54, 1.807) is 18.7 Å². The molecule has 4 aliphatic rings. The summed E-state index contributed by atoms with van der Waals surface area (Å²) in [4.78, 5) is 28.4. The lowest BCUT2D eigenvalue weighted by Gasteiger charge is -2.58. The second-order valence-electron chi connectivity index (χ2n) is 11.6. The summed E-state index contributed by atoms with van der Waals surface area (Å²) >= 11 is 1.78. The topological polar surface area (TPSA) is 64.7 Å². The van der Waals surface area contributed by atoms with Crippen LogP contribution in [0.3, 0.4) is 0 Å². The highest BCUT2D eigenvalue weighted by atomic mass is 32.2. The zero-order chi connectivity index (χ0) is 22.6. The van der Waals surface area contributed by atoms with Crippen LogP contribution >= 0.6 is 11.8 Å². The number of ketones is 1. The third-order valence-electron chi connectivity index (χ3n) is 6.09. The number of thioether (sulfide) groups is 1. The number of rotatable bonds is 6. The van der Waals surface area contributed by atoms with Crippen molar-refractivity contribution in [1.82, 2.24) is 20.4 Å². The van der Waals surface area contributed by atoms with Gasteiger partial charge in [0.2, 0.25) is 5.91 Å². The molecule has 1 unspecified atom stereocenters. The zero-order valence-electron chi connectivity index (χ0n) is 20.1. The maximum atomic E-state index is 12.5. The van der Waals surface area contributed by atoms with Crippen molar-refractivity contribution in [2.45, 2.75) is 72.1 Å². The van der Waals surface area contributed by atoms with E-state index < -0.39 is 0 Å². The molecule has 6 nitrogen and oxygen atoms in total. The summed E-state index contributed by atoms with van der Waals surface area (Å²) in [5.74, 6) is 1.38. The van der Waals surface area contributed by atoms with Crippen molar-refractivity contribution in [3.05, 3.63) is 11.2 Å². The van der Waals surface area contributed by atoms with Crippen LogP contribution in [0.5, 0.6) is 0 Å². The molecule has 0 radical (unpaired) electrons. The fourth-order valence-corrected chi connectivity index (χ4v) is 5.83. The highest BCUT2D eigenvalue weighted by Gasteiger charge is 2.54. The number of carbonyl (C=O) groups is 2. The Labute approximate surface area is 192 Å². The van der Waals surface area contributed by atoms with E-state index >= 15 is 0 Å². The third kappa shape index (κ3) is 7.79. The molecule has 0 aromatic heterocycles. The number of nitrogens with one attached hydrogen (secondary N) is 2. The molecule has 7 heteroatoms. The second kappa shape index (κ2) is 10.3. The van der Waals surface area contributed by atoms with E-state index in [-0.39, 0.29) is 17.6 Å². The summed E-state index contributed by atoms with van der Waals surface area (Å²) in [7, 11) is 0. The number of nitrogens with zero attached hydrogens (tertiary/aromatic N) is 2. The quantitative estimate of drug-likeness (QED) is 0.647. The van der Waals surface area contributed by atoms with Gasteiger partial charge in [0.15, 0.2) is 0 Å². The highest BCUT2D eigenvalue weighted by molar-refractivity contribution is 8.03. The molecule has 31 heavy (non-hydrogen) atoms. The first kappa shape index (κ1) is 24.6. The fraction of sp³-hybridized carbons (Fsp3) is 0.833. The molecule has 1 atom stereocenters. The molecule has 1 spiro atoms. The van der Waals surface area contributed by atoms with Crippen LogP contribution in [-0.4, -0.2) is 66.1 Å². The van der Waals surface area contributed by atoms with E-state index in [4.69, 9.17) is 0 Å². The van der Waals surface area contributed by atoms with Crippen molar-refractivity contribution < 1.29 is 9.59 Å². The van der Waals surface area contributed by atoms with E-state index in [0.717, 1.165) is 38.3 Å². The number of carbonyl (C=O) groups excluding carboxylic acids is 2. The molecule has 1 saturated carbocycles. The Kier molecular flexibility index (Phi) is 8.14. The van der Waals surface area contributed by atoms with Crippen LogP contribution in [0.15, 0.2) is 11.2 Å². The van der Waals surface area contributed by atoms with Gasteiger partial charge < -0.3 is 15.5 Å². The van der Waals surface area contributed by atoms with Crippen LogP contribution in [0.25, 0.3) is 0 Å². The van der Waals surface area contributed by atoms with Gasteiger partial charge >= 0.3 is 0 Å². The fourth-order valence-electron chi connectivity index (χ4n) is 4.92. The molecule has 176 valence electrons. The summed E-state index contributed by atoms with van der Waals surface area (Å²) in [5.41, 5.74) is 0.806. The standard InChI is InChI=1S/C19H30N4O2S.C5H12/c1-14(24)9-23-12-19(13-23)7-15(8-19)18(25)21-16-11-26-17(20-16)10-22-5-3-2-4-6-22;1-5(2,3)4/h11,15,17,20H,2-10,12-13H2,1H3,(H,21,25);1-4H3. The van der Waals surface area contributed by atoms with Gasteiger partial charge in [-0.25, -0.2) is 0 Å². The minimum Gasteiger partial charge on any atom is -0.358 e. The Morgan fingerprint density at radius 1 is 1.13 bits per heavy atom. The first-order valence-corrected chi connectivity index (χ1v) is 12.8. The molecule has 3 heterocycles. The molecular weight excluding hydrogens is 408 g/mol. The van der Waals surface area contributed by atoms with Crippen LogP contribution in [0.2, 0.25) is 0 Å². The van der Waals surface area contributed by atoms with Crippen LogP contribution in [-0.2, 0) is 9.59 Å². The summed E-state index contributed by atoms with van der Waals surface area (Å²) < 4.78 is 0. The van der Waals surface area contributed by atoms with Crippen molar-refractivity contribution in [1.29, 1.82) is 0 Å². The number of hydrogen-bond acceptors (Lipinski definition) is 6. The Morgan fingerprint density at radius 2 is 1.74 bits per heavy atom. The van der Waals surface area contributed by atoms with Gasteiger partial charge in [0, 0.05) is 31.0 Å². The third-order valence-corrected chi connectivity index (χ3v) is 7.06. The molecule has 2 N–H and O–H groups in total. The number of amides is 1. The van der Waals surface area contributed by atoms with E-state index in [0.29, 0.717) is 22.7 Å². The summed E-state index contributed by atoms with van der Waals surface area (Å²) in [6.45, 7) is 16.3. The van der Waals surface area contributed by atoms with Crippen LogP contribution < -0.4 is 10.6 Å². The monoisotopic (exact) mass is 450 g/mol. The molecule has 1 aliphatic carbocycles. The predicted octanol–water partition coefficient (Wildman–Crippen LogP) is 3.40. The molecule has 0 aromatic carbocycles. The molecule has 0 aromatic rings. The Bertz CT molecular complexity index is 662. The van der Waals surface area contributed by atoms with Crippen molar-refractivity contribution in [3.63, 3.8) is 0 Å².